The predicted molar refractivity (Wildman–Crippen MR) is 219 cm³/mol. The van der Waals surface area contributed by atoms with Crippen LogP contribution in [0.4, 0.5) is 0 Å². The number of carbonyl (C=O) groups excluding carboxylic acids is 2. The molecule has 0 amide bonds. The smallest absolute Gasteiger partial charge is 0.306 e. The first-order valence-corrected chi connectivity index (χ1v) is 21.9. The molecule has 52 heavy (non-hydrogen) atoms. The van der Waals surface area contributed by atoms with Crippen molar-refractivity contribution in [3.63, 3.8) is 0 Å². The second-order valence-electron chi connectivity index (χ2n) is 14.6. The molecule has 0 saturated heterocycles. The molecule has 0 rings (SSSR count). The molecule has 2 unspecified atom stereocenters. The van der Waals surface area contributed by atoms with E-state index in [0.717, 1.165) is 64.2 Å². The van der Waals surface area contributed by atoms with Gasteiger partial charge in [-0.3, -0.25) is 9.59 Å². The number of allylic oxidation sites excluding steroid dienone is 4. The zero-order valence-electron chi connectivity index (χ0n) is 34.0. The predicted octanol–water partition coefficient (Wildman–Crippen LogP) is 10.0. The minimum absolute atomic E-state index is 0.0434. The molecular weight excluding hydrogens is 652 g/mol. The van der Waals surface area contributed by atoms with Crippen LogP contribution in [0.5, 0.6) is 0 Å². The first kappa shape index (κ1) is 50.3. The average Bonchev–Trinajstić information content (AvgIpc) is 3.14. The van der Waals surface area contributed by atoms with Gasteiger partial charge in [0.25, 0.3) is 0 Å². The minimum Gasteiger partial charge on any atom is -0.457 e. The lowest BCUT2D eigenvalue weighted by atomic mass is 10.1. The van der Waals surface area contributed by atoms with Crippen molar-refractivity contribution >= 4 is 11.9 Å². The highest BCUT2D eigenvalue weighted by molar-refractivity contribution is 5.70. The number of hydrogen-bond acceptors (Lipinski definition) is 8. The molecular formula is C44H84N2O6. The summed E-state index contributed by atoms with van der Waals surface area (Å²) in [5.74, 6) is -0.595. The SMILES string of the molecule is CCCCCCCC/C=C\CCCCCCCC(=O)OC(CNCCO)C(CNCCO)OC(=O)CCCCCCC/C=C\CCCCCCCC. The summed E-state index contributed by atoms with van der Waals surface area (Å²) in [7, 11) is 0. The molecule has 0 heterocycles. The van der Waals surface area contributed by atoms with Crippen molar-refractivity contribution in [2.45, 2.75) is 206 Å². The molecule has 0 aliphatic carbocycles. The lowest BCUT2D eigenvalue weighted by Gasteiger charge is -2.28. The fourth-order valence-electron chi connectivity index (χ4n) is 6.28. The summed E-state index contributed by atoms with van der Waals surface area (Å²) in [6.07, 6.45) is 39.7. The van der Waals surface area contributed by atoms with Gasteiger partial charge in [-0.05, 0) is 64.2 Å². The maximum absolute atomic E-state index is 12.9. The number of esters is 2. The van der Waals surface area contributed by atoms with Gasteiger partial charge in [0.1, 0.15) is 0 Å². The van der Waals surface area contributed by atoms with Gasteiger partial charge < -0.3 is 30.3 Å². The van der Waals surface area contributed by atoms with Crippen molar-refractivity contribution in [1.29, 1.82) is 0 Å². The van der Waals surface area contributed by atoms with Gasteiger partial charge in [-0.2, -0.15) is 0 Å². The normalized spacial score (nSPS) is 12.9. The quantitative estimate of drug-likeness (QED) is 0.0279. The highest BCUT2D eigenvalue weighted by atomic mass is 16.6. The van der Waals surface area contributed by atoms with E-state index >= 15 is 0 Å². The maximum Gasteiger partial charge on any atom is 0.306 e. The minimum atomic E-state index is -0.688. The fourth-order valence-corrected chi connectivity index (χ4v) is 6.28. The van der Waals surface area contributed by atoms with E-state index in [2.05, 4.69) is 48.8 Å². The number of aliphatic hydroxyl groups excluding tert-OH is 2. The molecule has 8 nitrogen and oxygen atoms in total. The summed E-state index contributed by atoms with van der Waals surface area (Å²) in [4.78, 5) is 25.7. The van der Waals surface area contributed by atoms with Gasteiger partial charge in [-0.1, -0.05) is 141 Å². The lowest BCUT2D eigenvalue weighted by molar-refractivity contribution is -0.167. The Labute approximate surface area is 320 Å². The number of nitrogens with one attached hydrogen (secondary N) is 2. The van der Waals surface area contributed by atoms with Crippen molar-refractivity contribution < 1.29 is 29.3 Å². The standard InChI is InChI=1S/C44H84N2O6/c1-3-5-7-9-11-13-15-17-19-21-23-25-27-29-31-33-43(49)51-41(39-45-35-37-47)42(40-46-36-38-48)52-44(50)34-32-30-28-26-24-22-20-18-16-14-12-10-8-6-4-2/h17-20,41-42,45-48H,3-16,21-40H2,1-2H3/b19-17-,20-18-. The first-order chi connectivity index (χ1) is 25.6. The highest BCUT2D eigenvalue weighted by Gasteiger charge is 2.28. The number of ether oxygens (including phenoxy) is 2. The third-order valence-corrected chi connectivity index (χ3v) is 9.53. The Morgan fingerprint density at radius 1 is 0.462 bits per heavy atom. The van der Waals surface area contributed by atoms with Crippen LogP contribution in [0.25, 0.3) is 0 Å². The Morgan fingerprint density at radius 3 is 1.06 bits per heavy atom. The fraction of sp³-hybridized carbons (Fsp3) is 0.864. The van der Waals surface area contributed by atoms with Gasteiger partial charge >= 0.3 is 11.9 Å². The van der Waals surface area contributed by atoms with Gasteiger partial charge in [0.15, 0.2) is 12.2 Å². The van der Waals surface area contributed by atoms with Crippen LogP contribution in [-0.2, 0) is 19.1 Å². The largest absolute Gasteiger partial charge is 0.457 e. The summed E-state index contributed by atoms with van der Waals surface area (Å²) in [6.45, 7) is 5.66. The van der Waals surface area contributed by atoms with Crippen LogP contribution in [0.15, 0.2) is 24.3 Å². The number of rotatable bonds is 41. The van der Waals surface area contributed by atoms with Crippen molar-refractivity contribution in [2.24, 2.45) is 0 Å². The monoisotopic (exact) mass is 737 g/mol. The zero-order chi connectivity index (χ0) is 38.0. The molecule has 0 aromatic heterocycles. The molecule has 4 N–H and O–H groups in total. The van der Waals surface area contributed by atoms with Gasteiger partial charge in [0.05, 0.1) is 13.2 Å². The molecule has 0 aliphatic heterocycles. The second-order valence-corrected chi connectivity index (χ2v) is 14.6. The summed E-state index contributed by atoms with van der Waals surface area (Å²) >= 11 is 0. The summed E-state index contributed by atoms with van der Waals surface area (Å²) in [5.41, 5.74) is 0. The van der Waals surface area contributed by atoms with Gasteiger partial charge in [0, 0.05) is 39.0 Å². The Hall–Kier alpha value is -1.74. The van der Waals surface area contributed by atoms with Gasteiger partial charge in [0.2, 0.25) is 0 Å². The number of unbranched alkanes of at least 4 members (excludes halogenated alkanes) is 22. The summed E-state index contributed by atoms with van der Waals surface area (Å²) in [5, 5.41) is 24.8. The highest BCUT2D eigenvalue weighted by Crippen LogP contribution is 2.14. The Morgan fingerprint density at radius 2 is 0.750 bits per heavy atom. The summed E-state index contributed by atoms with van der Waals surface area (Å²) < 4.78 is 11.7. The maximum atomic E-state index is 12.9. The molecule has 0 saturated carbocycles. The molecule has 0 aromatic carbocycles. The van der Waals surface area contributed by atoms with E-state index in [4.69, 9.17) is 9.47 Å². The number of hydrogen-bond donors (Lipinski definition) is 4. The number of carbonyl (C=O) groups is 2. The molecule has 0 radical (unpaired) electrons. The molecule has 0 fully saturated rings. The van der Waals surface area contributed by atoms with Crippen molar-refractivity contribution in [2.75, 3.05) is 39.4 Å². The summed E-state index contributed by atoms with van der Waals surface area (Å²) in [6, 6.07) is 0. The Balaban J connectivity index is 4.40. The molecule has 306 valence electrons. The van der Waals surface area contributed by atoms with Crippen molar-refractivity contribution in [3.05, 3.63) is 24.3 Å². The van der Waals surface area contributed by atoms with Crippen molar-refractivity contribution in [3.8, 4) is 0 Å². The van der Waals surface area contributed by atoms with E-state index in [1.165, 1.54) is 103 Å². The Kier molecular flexibility index (Phi) is 40.6. The van der Waals surface area contributed by atoms with Crippen LogP contribution >= 0.6 is 0 Å². The van der Waals surface area contributed by atoms with E-state index in [9.17, 15) is 19.8 Å². The van der Waals surface area contributed by atoms with Crippen molar-refractivity contribution in [1.82, 2.24) is 10.6 Å². The topological polar surface area (TPSA) is 117 Å². The number of aliphatic hydroxyl groups is 2. The third-order valence-electron chi connectivity index (χ3n) is 9.53. The third kappa shape index (κ3) is 36.6. The van der Waals surface area contributed by atoms with Crippen LogP contribution in [0.1, 0.15) is 194 Å². The lowest BCUT2D eigenvalue weighted by Crippen LogP contribution is -2.48. The van der Waals surface area contributed by atoms with E-state index in [-0.39, 0.29) is 38.2 Å². The first-order valence-electron chi connectivity index (χ1n) is 21.9. The van der Waals surface area contributed by atoms with Crippen LogP contribution in [0, 0.1) is 0 Å². The van der Waals surface area contributed by atoms with E-state index in [1.807, 2.05) is 0 Å². The Bertz CT molecular complexity index is 755. The van der Waals surface area contributed by atoms with E-state index in [1.54, 1.807) is 0 Å². The average molecular weight is 737 g/mol. The molecule has 0 aromatic rings. The van der Waals surface area contributed by atoms with Gasteiger partial charge in [-0.15, -0.1) is 0 Å². The van der Waals surface area contributed by atoms with Crippen LogP contribution < -0.4 is 10.6 Å². The van der Waals surface area contributed by atoms with Crippen LogP contribution in [-0.4, -0.2) is 73.8 Å². The van der Waals surface area contributed by atoms with Crippen LogP contribution in [0.2, 0.25) is 0 Å². The molecule has 0 aliphatic rings. The molecule has 0 spiro atoms. The molecule has 8 heteroatoms. The van der Waals surface area contributed by atoms with E-state index in [0.29, 0.717) is 25.9 Å². The zero-order valence-corrected chi connectivity index (χ0v) is 34.0. The second kappa shape index (κ2) is 42.0. The van der Waals surface area contributed by atoms with Crippen LogP contribution in [0.3, 0.4) is 0 Å². The molecule has 0 bridgehead atoms. The molecule has 2 atom stereocenters. The van der Waals surface area contributed by atoms with Gasteiger partial charge in [-0.25, -0.2) is 0 Å². The van der Waals surface area contributed by atoms with E-state index < -0.39 is 12.2 Å².